The van der Waals surface area contributed by atoms with Crippen molar-refractivity contribution >= 4 is 11.6 Å². The van der Waals surface area contributed by atoms with Crippen LogP contribution in [0.2, 0.25) is 0 Å². The van der Waals surface area contributed by atoms with Crippen molar-refractivity contribution in [2.24, 2.45) is 0 Å². The van der Waals surface area contributed by atoms with Gasteiger partial charge in [-0.25, -0.2) is 9.67 Å². The van der Waals surface area contributed by atoms with E-state index >= 15 is 0 Å². The molecule has 1 aromatic heterocycles. The first-order valence-electron chi connectivity index (χ1n) is 9.08. The van der Waals surface area contributed by atoms with Gasteiger partial charge in [0.1, 0.15) is 0 Å². The second-order valence-electron chi connectivity index (χ2n) is 6.64. The number of carbonyl (C=O) groups is 1. The first-order valence-corrected chi connectivity index (χ1v) is 9.08. The van der Waals surface area contributed by atoms with Crippen molar-refractivity contribution in [1.82, 2.24) is 14.8 Å². The van der Waals surface area contributed by atoms with Crippen LogP contribution in [0.4, 0.5) is 5.69 Å². The normalized spacial score (nSPS) is 10.6. The molecule has 5 heteroatoms. The lowest BCUT2D eigenvalue weighted by atomic mass is 10.1. The number of hydrogen-bond donors (Lipinski definition) is 1. The van der Waals surface area contributed by atoms with E-state index in [4.69, 9.17) is 0 Å². The monoisotopic (exact) mass is 368 g/mol. The second-order valence-corrected chi connectivity index (χ2v) is 6.64. The largest absolute Gasteiger partial charge is 0.319 e. The van der Waals surface area contributed by atoms with Crippen LogP contribution < -0.4 is 5.32 Å². The number of anilines is 1. The van der Waals surface area contributed by atoms with E-state index in [0.29, 0.717) is 5.82 Å². The Morgan fingerprint density at radius 2 is 1.54 bits per heavy atom. The van der Waals surface area contributed by atoms with E-state index in [9.17, 15) is 4.79 Å². The fraction of sp³-hybridized carbons (Fsp3) is 0.0870. The van der Waals surface area contributed by atoms with Crippen molar-refractivity contribution in [2.45, 2.75) is 13.8 Å². The Bertz CT molecular complexity index is 1120. The molecule has 0 saturated heterocycles. The van der Waals surface area contributed by atoms with E-state index in [-0.39, 0.29) is 11.7 Å². The summed E-state index contributed by atoms with van der Waals surface area (Å²) in [4.78, 5) is 17.4. The Hall–Kier alpha value is -3.73. The highest BCUT2D eigenvalue weighted by Crippen LogP contribution is 2.22. The van der Waals surface area contributed by atoms with Crippen molar-refractivity contribution in [3.05, 3.63) is 95.8 Å². The van der Waals surface area contributed by atoms with Gasteiger partial charge in [0.2, 0.25) is 5.82 Å². The van der Waals surface area contributed by atoms with Gasteiger partial charge in [0.15, 0.2) is 5.82 Å². The summed E-state index contributed by atoms with van der Waals surface area (Å²) in [6.45, 7) is 3.98. The van der Waals surface area contributed by atoms with E-state index in [2.05, 4.69) is 15.4 Å². The highest BCUT2D eigenvalue weighted by Gasteiger charge is 2.19. The fourth-order valence-electron chi connectivity index (χ4n) is 2.94. The molecule has 0 unspecified atom stereocenters. The topological polar surface area (TPSA) is 59.8 Å². The molecule has 0 aliphatic carbocycles. The molecule has 138 valence electrons. The first-order chi connectivity index (χ1) is 13.6. The van der Waals surface area contributed by atoms with E-state index in [1.165, 1.54) is 0 Å². The standard InChI is InChI=1S/C23H20N4O/c1-16-12-14-18(15-13-16)22-25-21(26-27(22)19-9-4-3-5-10-19)23(28)24-20-11-7-6-8-17(20)2/h3-15H,1-2H3,(H,24,28). The number of carbonyl (C=O) groups excluding carboxylic acids is 1. The SMILES string of the molecule is Cc1ccc(-c2nc(C(=O)Nc3ccccc3C)nn2-c2ccccc2)cc1. The van der Waals surface area contributed by atoms with Crippen LogP contribution in [-0.2, 0) is 0 Å². The minimum Gasteiger partial charge on any atom is -0.319 e. The third kappa shape index (κ3) is 3.55. The zero-order valence-corrected chi connectivity index (χ0v) is 15.8. The number of para-hydroxylation sites is 2. The maximum Gasteiger partial charge on any atom is 0.295 e. The van der Waals surface area contributed by atoms with E-state index in [1.54, 1.807) is 4.68 Å². The lowest BCUT2D eigenvalue weighted by molar-refractivity contribution is 0.101. The lowest BCUT2D eigenvalue weighted by Crippen LogP contribution is -2.15. The van der Waals surface area contributed by atoms with Gasteiger partial charge in [0, 0.05) is 11.3 Å². The number of aryl methyl sites for hydroxylation is 2. The van der Waals surface area contributed by atoms with Crippen molar-refractivity contribution in [2.75, 3.05) is 5.32 Å². The van der Waals surface area contributed by atoms with E-state index in [0.717, 1.165) is 28.1 Å². The summed E-state index contributed by atoms with van der Waals surface area (Å²) in [6, 6.07) is 25.3. The molecule has 4 aromatic rings. The molecule has 1 heterocycles. The Morgan fingerprint density at radius 1 is 0.857 bits per heavy atom. The van der Waals surface area contributed by atoms with Crippen LogP contribution in [0, 0.1) is 13.8 Å². The predicted octanol–water partition coefficient (Wildman–Crippen LogP) is 4.80. The molecule has 0 aliphatic rings. The molecule has 0 fully saturated rings. The molecule has 0 atom stereocenters. The molecule has 4 rings (SSSR count). The molecule has 5 nitrogen and oxygen atoms in total. The molecule has 0 bridgehead atoms. The smallest absolute Gasteiger partial charge is 0.295 e. The minimum absolute atomic E-state index is 0.127. The molecular formula is C23H20N4O. The minimum atomic E-state index is -0.336. The Kier molecular flexibility index (Phi) is 4.72. The van der Waals surface area contributed by atoms with Gasteiger partial charge in [-0.3, -0.25) is 4.79 Å². The average molecular weight is 368 g/mol. The maximum atomic E-state index is 12.8. The highest BCUT2D eigenvalue weighted by atomic mass is 16.2. The van der Waals surface area contributed by atoms with Gasteiger partial charge >= 0.3 is 0 Å². The lowest BCUT2D eigenvalue weighted by Gasteiger charge is -2.06. The highest BCUT2D eigenvalue weighted by molar-refractivity contribution is 6.02. The van der Waals surface area contributed by atoms with Gasteiger partial charge in [0.25, 0.3) is 5.91 Å². The van der Waals surface area contributed by atoms with E-state index < -0.39 is 0 Å². The van der Waals surface area contributed by atoms with Gasteiger partial charge in [-0.15, -0.1) is 5.10 Å². The summed E-state index contributed by atoms with van der Waals surface area (Å²) in [5.74, 6) is 0.418. The molecule has 0 radical (unpaired) electrons. The van der Waals surface area contributed by atoms with Crippen LogP contribution in [0.1, 0.15) is 21.7 Å². The zero-order valence-electron chi connectivity index (χ0n) is 15.8. The Morgan fingerprint density at radius 3 is 2.25 bits per heavy atom. The number of aromatic nitrogens is 3. The van der Waals surface area contributed by atoms with Gasteiger partial charge in [-0.2, -0.15) is 0 Å². The van der Waals surface area contributed by atoms with Gasteiger partial charge in [-0.05, 0) is 37.6 Å². The zero-order chi connectivity index (χ0) is 19.5. The second kappa shape index (κ2) is 7.48. The summed E-state index contributed by atoms with van der Waals surface area (Å²) in [5.41, 5.74) is 4.64. The quantitative estimate of drug-likeness (QED) is 0.563. The summed E-state index contributed by atoms with van der Waals surface area (Å²) >= 11 is 0. The van der Waals surface area contributed by atoms with E-state index in [1.807, 2.05) is 92.7 Å². The number of benzene rings is 3. The fourth-order valence-corrected chi connectivity index (χ4v) is 2.94. The Labute approximate surface area is 163 Å². The maximum absolute atomic E-state index is 12.8. The number of nitrogens with zero attached hydrogens (tertiary/aromatic N) is 3. The van der Waals surface area contributed by atoms with Crippen molar-refractivity contribution < 1.29 is 4.79 Å². The Balaban J connectivity index is 1.76. The summed E-state index contributed by atoms with van der Waals surface area (Å²) in [5, 5.41) is 7.40. The van der Waals surface area contributed by atoms with Gasteiger partial charge in [-0.1, -0.05) is 66.2 Å². The molecule has 0 saturated carbocycles. The van der Waals surface area contributed by atoms with Crippen LogP contribution >= 0.6 is 0 Å². The molecule has 3 aromatic carbocycles. The average Bonchev–Trinajstić information content (AvgIpc) is 3.16. The number of rotatable bonds is 4. The van der Waals surface area contributed by atoms with Crippen LogP contribution in [0.25, 0.3) is 17.1 Å². The third-order valence-electron chi connectivity index (χ3n) is 4.51. The molecule has 1 amide bonds. The predicted molar refractivity (Wildman–Crippen MR) is 111 cm³/mol. The molecule has 28 heavy (non-hydrogen) atoms. The van der Waals surface area contributed by atoms with Crippen molar-refractivity contribution in [3.63, 3.8) is 0 Å². The third-order valence-corrected chi connectivity index (χ3v) is 4.51. The molecular weight excluding hydrogens is 348 g/mol. The molecule has 0 aliphatic heterocycles. The van der Waals surface area contributed by atoms with Crippen LogP contribution in [0.15, 0.2) is 78.9 Å². The van der Waals surface area contributed by atoms with Crippen molar-refractivity contribution in [1.29, 1.82) is 0 Å². The van der Waals surface area contributed by atoms with Crippen molar-refractivity contribution in [3.8, 4) is 17.1 Å². The van der Waals surface area contributed by atoms with Crippen LogP contribution in [0.3, 0.4) is 0 Å². The number of nitrogens with one attached hydrogen (secondary N) is 1. The first kappa shape index (κ1) is 17.7. The summed E-state index contributed by atoms with van der Waals surface area (Å²) in [7, 11) is 0. The van der Waals surface area contributed by atoms with Crippen LogP contribution in [0.5, 0.6) is 0 Å². The molecule has 1 N–H and O–H groups in total. The van der Waals surface area contributed by atoms with Gasteiger partial charge in [0.05, 0.1) is 5.69 Å². The number of hydrogen-bond acceptors (Lipinski definition) is 3. The van der Waals surface area contributed by atoms with Gasteiger partial charge < -0.3 is 5.32 Å². The molecule has 0 spiro atoms. The number of amides is 1. The summed E-state index contributed by atoms with van der Waals surface area (Å²) in [6.07, 6.45) is 0. The summed E-state index contributed by atoms with van der Waals surface area (Å²) < 4.78 is 1.71. The van der Waals surface area contributed by atoms with Crippen LogP contribution in [-0.4, -0.2) is 20.7 Å².